The first-order valence-electron chi connectivity index (χ1n) is 11.8. The zero-order valence-corrected chi connectivity index (χ0v) is 20.9. The van der Waals surface area contributed by atoms with Crippen molar-refractivity contribution in [3.05, 3.63) is 100 Å². The first kappa shape index (κ1) is 23.9. The lowest BCUT2D eigenvalue weighted by Crippen LogP contribution is -2.55. The van der Waals surface area contributed by atoms with Crippen molar-refractivity contribution in [1.29, 1.82) is 0 Å². The van der Waals surface area contributed by atoms with Gasteiger partial charge in [-0.05, 0) is 42.3 Å². The number of hydrogen-bond donors (Lipinski definition) is 1. The number of benzene rings is 3. The van der Waals surface area contributed by atoms with Gasteiger partial charge in [0.05, 0.1) is 13.2 Å². The Morgan fingerprint density at radius 1 is 1.06 bits per heavy atom. The Morgan fingerprint density at radius 3 is 2.56 bits per heavy atom. The number of amidine groups is 1. The van der Waals surface area contributed by atoms with E-state index in [9.17, 15) is 9.59 Å². The fourth-order valence-corrected chi connectivity index (χ4v) is 4.91. The third kappa shape index (κ3) is 4.66. The second kappa shape index (κ2) is 10.0. The van der Waals surface area contributed by atoms with Gasteiger partial charge in [-0.2, -0.15) is 0 Å². The van der Waals surface area contributed by atoms with E-state index in [1.54, 1.807) is 16.9 Å². The maximum atomic E-state index is 14.1. The first-order chi connectivity index (χ1) is 17.4. The number of methoxy groups -OCH3 is 1. The second-order valence-electron chi connectivity index (χ2n) is 8.96. The summed E-state index contributed by atoms with van der Waals surface area (Å²) in [5, 5.41) is 3.43. The summed E-state index contributed by atoms with van der Waals surface area (Å²) < 4.78 is 5.46. The Kier molecular flexibility index (Phi) is 6.65. The highest BCUT2D eigenvalue weighted by Gasteiger charge is 2.44. The number of ether oxygens (including phenoxy) is 1. The van der Waals surface area contributed by atoms with Gasteiger partial charge in [-0.3, -0.25) is 14.7 Å². The van der Waals surface area contributed by atoms with E-state index in [-0.39, 0.29) is 24.5 Å². The number of nitrogens with one attached hydrogen (secondary N) is 1. The normalized spacial score (nSPS) is 19.6. The lowest BCUT2D eigenvalue weighted by atomic mass is 9.93. The summed E-state index contributed by atoms with van der Waals surface area (Å²) in [7, 11) is 1.61. The average Bonchev–Trinajstić information content (AvgIpc) is 3.29. The molecule has 2 aliphatic rings. The first-order valence-corrected chi connectivity index (χ1v) is 12.2. The van der Waals surface area contributed by atoms with Crippen LogP contribution in [0.4, 0.5) is 4.79 Å². The minimum Gasteiger partial charge on any atom is -0.497 e. The van der Waals surface area contributed by atoms with Crippen LogP contribution in [0.15, 0.2) is 77.8 Å². The van der Waals surface area contributed by atoms with Crippen LogP contribution in [-0.4, -0.2) is 54.3 Å². The monoisotopic (exact) mass is 502 g/mol. The van der Waals surface area contributed by atoms with Gasteiger partial charge in [0.15, 0.2) is 0 Å². The highest BCUT2D eigenvalue weighted by atomic mass is 35.5. The van der Waals surface area contributed by atoms with Crippen molar-refractivity contribution in [2.75, 3.05) is 26.7 Å². The van der Waals surface area contributed by atoms with Crippen molar-refractivity contribution in [2.45, 2.75) is 19.0 Å². The molecule has 2 heterocycles. The Labute approximate surface area is 215 Å². The topological polar surface area (TPSA) is 74.2 Å². The summed E-state index contributed by atoms with van der Waals surface area (Å²) in [6, 6.07) is 22.2. The Morgan fingerprint density at radius 2 is 1.83 bits per heavy atom. The van der Waals surface area contributed by atoms with E-state index in [4.69, 9.17) is 21.3 Å². The summed E-state index contributed by atoms with van der Waals surface area (Å²) in [5.41, 5.74) is 3.75. The third-order valence-electron chi connectivity index (χ3n) is 6.50. The molecule has 0 spiro atoms. The van der Waals surface area contributed by atoms with Crippen LogP contribution in [0.1, 0.15) is 34.3 Å². The molecule has 3 amide bonds. The zero-order valence-electron chi connectivity index (χ0n) is 20.1. The molecule has 1 saturated heterocycles. The molecule has 0 bridgehead atoms. The van der Waals surface area contributed by atoms with Crippen LogP contribution >= 0.6 is 11.6 Å². The Balaban J connectivity index is 1.68. The molecule has 0 aliphatic carbocycles. The molecule has 0 saturated carbocycles. The zero-order chi connectivity index (χ0) is 25.2. The van der Waals surface area contributed by atoms with E-state index >= 15 is 0 Å². The van der Waals surface area contributed by atoms with Gasteiger partial charge in [0.1, 0.15) is 24.2 Å². The van der Waals surface area contributed by atoms with Crippen LogP contribution in [0.3, 0.4) is 0 Å². The van der Waals surface area contributed by atoms with Gasteiger partial charge in [0.25, 0.3) is 0 Å². The summed E-state index contributed by atoms with van der Waals surface area (Å²) in [6.07, 6.45) is 0. The number of carbonyl (C=O) groups excluding carboxylic acids is 2. The van der Waals surface area contributed by atoms with E-state index in [2.05, 4.69) is 11.4 Å². The smallest absolute Gasteiger partial charge is 0.326 e. The van der Waals surface area contributed by atoms with Crippen LogP contribution in [-0.2, 0) is 4.79 Å². The Hall–Kier alpha value is -3.84. The number of hydrogen-bond acceptors (Lipinski definition) is 4. The molecular weight excluding hydrogens is 476 g/mol. The Bertz CT molecular complexity index is 1320. The van der Waals surface area contributed by atoms with Crippen LogP contribution in [0.2, 0.25) is 5.02 Å². The van der Waals surface area contributed by atoms with Crippen LogP contribution in [0, 0.1) is 6.92 Å². The standard InChI is InChI=1S/C28H27ClN4O3/c1-18-5-3-6-20(15-18)26-25(19-9-11-22(29)12-10-19)31-27(21-7-4-8-23(16-21)36-2)33(26)28(35)32-14-13-30-24(34)17-32/h3-12,15-16,25-26H,13-14,17H2,1-2H3,(H,30,34). The highest BCUT2D eigenvalue weighted by Crippen LogP contribution is 2.44. The van der Waals surface area contributed by atoms with Crippen LogP contribution < -0.4 is 10.1 Å². The van der Waals surface area contributed by atoms with E-state index in [1.807, 2.05) is 73.7 Å². The number of amides is 3. The number of aliphatic imine (C=N–C) groups is 1. The van der Waals surface area contributed by atoms with Crippen molar-refractivity contribution in [3.63, 3.8) is 0 Å². The number of carbonyl (C=O) groups is 2. The molecule has 36 heavy (non-hydrogen) atoms. The number of piperazine rings is 1. The molecule has 0 radical (unpaired) electrons. The van der Waals surface area contributed by atoms with E-state index in [1.165, 1.54) is 0 Å². The van der Waals surface area contributed by atoms with Gasteiger partial charge in [0, 0.05) is 23.7 Å². The number of nitrogens with zero attached hydrogens (tertiary/aromatic N) is 3. The van der Waals surface area contributed by atoms with E-state index < -0.39 is 6.04 Å². The molecule has 7 nitrogen and oxygen atoms in total. The molecule has 3 aromatic carbocycles. The third-order valence-corrected chi connectivity index (χ3v) is 6.76. The highest BCUT2D eigenvalue weighted by molar-refractivity contribution is 6.30. The van der Waals surface area contributed by atoms with Gasteiger partial charge in [-0.15, -0.1) is 0 Å². The van der Waals surface area contributed by atoms with Crippen molar-refractivity contribution in [1.82, 2.24) is 15.1 Å². The number of halogens is 1. The number of aryl methyl sites for hydroxylation is 1. The van der Waals surface area contributed by atoms with Crippen molar-refractivity contribution in [3.8, 4) is 5.75 Å². The van der Waals surface area contributed by atoms with Gasteiger partial charge in [0.2, 0.25) is 5.91 Å². The second-order valence-corrected chi connectivity index (χ2v) is 9.40. The molecule has 2 unspecified atom stereocenters. The molecule has 184 valence electrons. The van der Waals surface area contributed by atoms with Crippen LogP contribution in [0.5, 0.6) is 5.75 Å². The summed E-state index contributed by atoms with van der Waals surface area (Å²) in [4.78, 5) is 34.7. The maximum absolute atomic E-state index is 14.1. The molecule has 8 heteroatoms. The fourth-order valence-electron chi connectivity index (χ4n) is 4.78. The molecular formula is C28H27ClN4O3. The minimum atomic E-state index is -0.412. The average molecular weight is 503 g/mol. The SMILES string of the molecule is COc1cccc(C2=NC(c3ccc(Cl)cc3)C(c3cccc(C)c3)N2C(=O)N2CCNC(=O)C2)c1. The minimum absolute atomic E-state index is 0.00682. The van der Waals surface area contributed by atoms with Crippen LogP contribution in [0.25, 0.3) is 0 Å². The number of rotatable bonds is 4. The van der Waals surface area contributed by atoms with Crippen molar-refractivity contribution < 1.29 is 14.3 Å². The van der Waals surface area contributed by atoms with E-state index in [0.717, 1.165) is 22.3 Å². The largest absolute Gasteiger partial charge is 0.497 e. The van der Waals surface area contributed by atoms with Gasteiger partial charge < -0.3 is 15.0 Å². The summed E-state index contributed by atoms with van der Waals surface area (Å²) in [6.45, 7) is 2.88. The predicted molar refractivity (Wildman–Crippen MR) is 139 cm³/mol. The predicted octanol–water partition coefficient (Wildman–Crippen LogP) is 4.75. The lowest BCUT2D eigenvalue weighted by Gasteiger charge is -2.35. The lowest BCUT2D eigenvalue weighted by molar-refractivity contribution is -0.123. The van der Waals surface area contributed by atoms with Gasteiger partial charge in [-0.1, -0.05) is 65.7 Å². The molecule has 0 aromatic heterocycles. The fraction of sp³-hybridized carbons (Fsp3) is 0.250. The molecule has 5 rings (SSSR count). The molecule has 1 fully saturated rings. The maximum Gasteiger partial charge on any atom is 0.326 e. The quantitative estimate of drug-likeness (QED) is 0.559. The summed E-state index contributed by atoms with van der Waals surface area (Å²) >= 11 is 6.19. The van der Waals surface area contributed by atoms with Gasteiger partial charge in [-0.25, -0.2) is 4.79 Å². The van der Waals surface area contributed by atoms with Gasteiger partial charge >= 0.3 is 6.03 Å². The number of urea groups is 1. The van der Waals surface area contributed by atoms with Crippen molar-refractivity contribution >= 4 is 29.4 Å². The van der Waals surface area contributed by atoms with Crippen molar-refractivity contribution in [2.24, 2.45) is 4.99 Å². The molecule has 3 aromatic rings. The molecule has 2 aliphatic heterocycles. The summed E-state index contributed by atoms with van der Waals surface area (Å²) in [5.74, 6) is 1.04. The molecule has 1 N–H and O–H groups in total. The van der Waals surface area contributed by atoms with E-state index in [0.29, 0.717) is 29.7 Å². The molecule has 2 atom stereocenters.